The van der Waals surface area contributed by atoms with Crippen molar-refractivity contribution in [2.24, 2.45) is 5.73 Å². The molecule has 2 N–H and O–H groups in total. The fourth-order valence-electron chi connectivity index (χ4n) is 1.62. The summed E-state index contributed by atoms with van der Waals surface area (Å²) < 4.78 is 5.68. The van der Waals surface area contributed by atoms with Gasteiger partial charge in [-0.25, -0.2) is 0 Å². The Kier molecular flexibility index (Phi) is 4.40. The molecule has 0 unspecified atom stereocenters. The minimum atomic E-state index is 0.326. The van der Waals surface area contributed by atoms with Crippen LogP contribution in [0.5, 0.6) is 5.75 Å². The molecule has 0 heterocycles. The molecule has 0 aromatic heterocycles. The van der Waals surface area contributed by atoms with E-state index in [-0.39, 0.29) is 0 Å². The molecule has 0 spiro atoms. The first kappa shape index (κ1) is 13.8. The molecule has 2 nitrogen and oxygen atoms in total. The molecule has 98 valence electrons. The van der Waals surface area contributed by atoms with E-state index in [1.165, 1.54) is 5.56 Å². The topological polar surface area (TPSA) is 35.2 Å². The molecule has 2 rings (SSSR count). The standard InChI is InChI=1S/C15H14ClNOS/c1-10-2-4-11(5-3-10)9-18-14-7-6-12(15(17)19)8-13(14)16/h2-8H,9H2,1H3,(H2,17,19). The molecule has 0 fully saturated rings. The van der Waals surface area contributed by atoms with E-state index in [9.17, 15) is 0 Å². The summed E-state index contributed by atoms with van der Waals surface area (Å²) in [4.78, 5) is 0.326. The van der Waals surface area contributed by atoms with Crippen molar-refractivity contribution in [3.63, 3.8) is 0 Å². The van der Waals surface area contributed by atoms with Crippen LogP contribution in [0.1, 0.15) is 16.7 Å². The van der Waals surface area contributed by atoms with Crippen molar-refractivity contribution in [1.29, 1.82) is 0 Å². The van der Waals surface area contributed by atoms with Crippen LogP contribution in [0.2, 0.25) is 5.02 Å². The first-order valence-corrected chi connectivity index (χ1v) is 6.62. The first-order valence-electron chi connectivity index (χ1n) is 5.84. The lowest BCUT2D eigenvalue weighted by atomic mass is 10.2. The van der Waals surface area contributed by atoms with Gasteiger partial charge in [-0.05, 0) is 30.7 Å². The number of nitrogens with two attached hydrogens (primary N) is 1. The lowest BCUT2D eigenvalue weighted by Crippen LogP contribution is -2.09. The Bertz CT molecular complexity index is 596. The van der Waals surface area contributed by atoms with Crippen LogP contribution in [0.3, 0.4) is 0 Å². The molecule has 2 aromatic carbocycles. The van der Waals surface area contributed by atoms with Crippen molar-refractivity contribution in [1.82, 2.24) is 0 Å². The lowest BCUT2D eigenvalue weighted by molar-refractivity contribution is 0.306. The summed E-state index contributed by atoms with van der Waals surface area (Å²) in [7, 11) is 0. The quantitative estimate of drug-likeness (QED) is 0.869. The Balaban J connectivity index is 2.07. The summed E-state index contributed by atoms with van der Waals surface area (Å²) in [6.45, 7) is 2.53. The maximum atomic E-state index is 6.12. The highest BCUT2D eigenvalue weighted by Gasteiger charge is 2.05. The number of hydrogen-bond donors (Lipinski definition) is 1. The monoisotopic (exact) mass is 291 g/mol. The molecule has 0 saturated heterocycles. The van der Waals surface area contributed by atoms with Gasteiger partial charge in [-0.15, -0.1) is 0 Å². The second-order valence-electron chi connectivity index (χ2n) is 4.28. The van der Waals surface area contributed by atoms with Gasteiger partial charge in [-0.3, -0.25) is 0 Å². The van der Waals surface area contributed by atoms with Crippen molar-refractivity contribution in [2.45, 2.75) is 13.5 Å². The molecule has 0 amide bonds. The van der Waals surface area contributed by atoms with Gasteiger partial charge in [0.1, 0.15) is 17.3 Å². The largest absolute Gasteiger partial charge is 0.487 e. The summed E-state index contributed by atoms with van der Waals surface area (Å²) in [5.74, 6) is 0.627. The van der Waals surface area contributed by atoms with Gasteiger partial charge in [0.15, 0.2) is 0 Å². The van der Waals surface area contributed by atoms with Gasteiger partial charge in [0.25, 0.3) is 0 Å². The minimum absolute atomic E-state index is 0.326. The predicted octanol–water partition coefficient (Wildman–Crippen LogP) is 3.86. The molecule has 2 aromatic rings. The lowest BCUT2D eigenvalue weighted by Gasteiger charge is -2.09. The zero-order valence-corrected chi connectivity index (χ0v) is 12.1. The maximum absolute atomic E-state index is 6.12. The first-order chi connectivity index (χ1) is 9.06. The Morgan fingerprint density at radius 2 is 1.89 bits per heavy atom. The van der Waals surface area contributed by atoms with E-state index in [4.69, 9.17) is 34.3 Å². The minimum Gasteiger partial charge on any atom is -0.487 e. The Labute approximate surface area is 123 Å². The van der Waals surface area contributed by atoms with Crippen LogP contribution in [-0.4, -0.2) is 4.99 Å². The number of ether oxygens (including phenoxy) is 1. The van der Waals surface area contributed by atoms with E-state index < -0.39 is 0 Å². The van der Waals surface area contributed by atoms with Crippen LogP contribution in [-0.2, 0) is 6.61 Å². The van der Waals surface area contributed by atoms with Crippen LogP contribution in [0, 0.1) is 6.92 Å². The van der Waals surface area contributed by atoms with Gasteiger partial charge in [0.2, 0.25) is 0 Å². The highest BCUT2D eigenvalue weighted by Crippen LogP contribution is 2.26. The molecule has 0 bridgehead atoms. The van der Waals surface area contributed by atoms with E-state index in [1.807, 2.05) is 12.1 Å². The van der Waals surface area contributed by atoms with E-state index in [1.54, 1.807) is 18.2 Å². The summed E-state index contributed by atoms with van der Waals surface area (Å²) in [6, 6.07) is 13.5. The molecule has 0 aliphatic rings. The second-order valence-corrected chi connectivity index (χ2v) is 5.13. The van der Waals surface area contributed by atoms with E-state index in [0.717, 1.165) is 11.1 Å². The number of thiocarbonyl (C=S) groups is 1. The number of rotatable bonds is 4. The van der Waals surface area contributed by atoms with Gasteiger partial charge in [-0.2, -0.15) is 0 Å². The number of halogens is 1. The average Bonchev–Trinajstić information content (AvgIpc) is 2.39. The molecule has 0 aliphatic heterocycles. The van der Waals surface area contributed by atoms with Gasteiger partial charge in [-0.1, -0.05) is 53.6 Å². The van der Waals surface area contributed by atoms with Gasteiger partial charge >= 0.3 is 0 Å². The van der Waals surface area contributed by atoms with Crippen LogP contribution in [0.25, 0.3) is 0 Å². The van der Waals surface area contributed by atoms with Gasteiger partial charge < -0.3 is 10.5 Å². The van der Waals surface area contributed by atoms with Crippen molar-refractivity contribution < 1.29 is 4.74 Å². The SMILES string of the molecule is Cc1ccc(COc2ccc(C(N)=S)cc2Cl)cc1. The van der Waals surface area contributed by atoms with Crippen LogP contribution in [0.4, 0.5) is 0 Å². The van der Waals surface area contributed by atoms with Gasteiger partial charge in [0.05, 0.1) is 5.02 Å². The summed E-state index contributed by atoms with van der Waals surface area (Å²) >= 11 is 11.0. The zero-order chi connectivity index (χ0) is 13.8. The molecule has 0 saturated carbocycles. The Morgan fingerprint density at radius 1 is 1.21 bits per heavy atom. The third kappa shape index (κ3) is 3.69. The molecular weight excluding hydrogens is 278 g/mol. The maximum Gasteiger partial charge on any atom is 0.138 e. The Hall–Kier alpha value is -1.58. The number of aryl methyl sites for hydroxylation is 1. The van der Waals surface area contributed by atoms with Crippen molar-refractivity contribution in [3.8, 4) is 5.75 Å². The van der Waals surface area contributed by atoms with Crippen LogP contribution in [0.15, 0.2) is 42.5 Å². The Morgan fingerprint density at radius 3 is 2.47 bits per heavy atom. The summed E-state index contributed by atoms with van der Waals surface area (Å²) in [6.07, 6.45) is 0. The second kappa shape index (κ2) is 6.04. The smallest absolute Gasteiger partial charge is 0.138 e. The van der Waals surface area contributed by atoms with Crippen molar-refractivity contribution in [2.75, 3.05) is 0 Å². The molecule has 4 heteroatoms. The molecule has 0 radical (unpaired) electrons. The fourth-order valence-corrected chi connectivity index (χ4v) is 1.98. The molecule has 19 heavy (non-hydrogen) atoms. The fraction of sp³-hybridized carbons (Fsp3) is 0.133. The molecule has 0 atom stereocenters. The van der Waals surface area contributed by atoms with Crippen LogP contribution < -0.4 is 10.5 Å². The average molecular weight is 292 g/mol. The van der Waals surface area contributed by atoms with Crippen molar-refractivity contribution in [3.05, 3.63) is 64.2 Å². The van der Waals surface area contributed by atoms with E-state index in [2.05, 4.69) is 19.1 Å². The third-order valence-electron chi connectivity index (χ3n) is 2.73. The third-order valence-corrected chi connectivity index (χ3v) is 3.26. The normalized spacial score (nSPS) is 10.2. The van der Waals surface area contributed by atoms with Crippen molar-refractivity contribution >= 4 is 28.8 Å². The zero-order valence-electron chi connectivity index (χ0n) is 10.5. The van der Waals surface area contributed by atoms with E-state index >= 15 is 0 Å². The highest BCUT2D eigenvalue weighted by atomic mass is 35.5. The summed E-state index contributed by atoms with van der Waals surface area (Å²) in [5, 5.41) is 0.511. The molecule has 0 aliphatic carbocycles. The number of benzene rings is 2. The van der Waals surface area contributed by atoms with Crippen LogP contribution >= 0.6 is 23.8 Å². The predicted molar refractivity (Wildman–Crippen MR) is 82.9 cm³/mol. The summed E-state index contributed by atoms with van der Waals surface area (Å²) in [5.41, 5.74) is 8.60. The van der Waals surface area contributed by atoms with Gasteiger partial charge in [0, 0.05) is 5.56 Å². The molecular formula is C15H14ClNOS. The van der Waals surface area contributed by atoms with E-state index in [0.29, 0.717) is 22.4 Å². The number of hydrogen-bond acceptors (Lipinski definition) is 2. The highest BCUT2D eigenvalue weighted by molar-refractivity contribution is 7.80.